The van der Waals surface area contributed by atoms with Crippen molar-refractivity contribution in [2.45, 2.75) is 12.5 Å². The Hall–Kier alpha value is -1.96. The van der Waals surface area contributed by atoms with Gasteiger partial charge in [0.25, 0.3) is 5.91 Å². The Kier molecular flexibility index (Phi) is 5.13. The van der Waals surface area contributed by atoms with Crippen LogP contribution in [0.5, 0.6) is 0 Å². The Morgan fingerprint density at radius 2 is 2.00 bits per heavy atom. The first kappa shape index (κ1) is 16.9. The normalized spacial score (nSPS) is 17.5. The van der Waals surface area contributed by atoms with Crippen LogP contribution in [0.3, 0.4) is 0 Å². The molecule has 0 bridgehead atoms. The van der Waals surface area contributed by atoms with Gasteiger partial charge in [-0.25, -0.2) is 4.79 Å². The van der Waals surface area contributed by atoms with E-state index in [-0.39, 0.29) is 16.6 Å². The van der Waals surface area contributed by atoms with E-state index in [1.807, 2.05) is 47.8 Å². The molecule has 0 spiro atoms. The molecule has 7 heteroatoms. The lowest BCUT2D eigenvalue weighted by molar-refractivity contribution is -0.145. The number of carbonyl (C=O) groups excluding carboxylic acids is 1. The zero-order valence-electron chi connectivity index (χ0n) is 12.4. The molecule has 122 valence electrons. The van der Waals surface area contributed by atoms with Crippen LogP contribution in [0.1, 0.15) is 10.4 Å². The zero-order valence-corrected chi connectivity index (χ0v) is 14.9. The summed E-state index contributed by atoms with van der Waals surface area (Å²) in [5.41, 5.74) is 0.848. The maximum Gasteiger partial charge on any atom is 0.327 e. The second-order valence-electron chi connectivity index (χ2n) is 5.11. The number of thiophene rings is 1. The van der Waals surface area contributed by atoms with Crippen LogP contribution in [0.4, 0.5) is 0 Å². The molecule has 1 aliphatic heterocycles. The number of thioether (sulfide) groups is 1. The first-order valence-corrected chi connectivity index (χ1v) is 9.24. The van der Waals surface area contributed by atoms with Crippen LogP contribution in [-0.2, 0) is 16.0 Å². The van der Waals surface area contributed by atoms with Gasteiger partial charge in [-0.1, -0.05) is 60.4 Å². The Morgan fingerprint density at radius 1 is 1.25 bits per heavy atom. The van der Waals surface area contributed by atoms with Crippen LogP contribution < -0.4 is 0 Å². The van der Waals surface area contributed by atoms with Gasteiger partial charge in [-0.2, -0.15) is 0 Å². The molecular weight excluding hydrogens is 362 g/mol. The van der Waals surface area contributed by atoms with Crippen molar-refractivity contribution in [2.24, 2.45) is 0 Å². The smallest absolute Gasteiger partial charge is 0.327 e. The van der Waals surface area contributed by atoms with E-state index >= 15 is 0 Å². The van der Waals surface area contributed by atoms with Crippen molar-refractivity contribution in [3.63, 3.8) is 0 Å². The predicted octanol–water partition coefficient (Wildman–Crippen LogP) is 3.65. The quantitative estimate of drug-likeness (QED) is 0.639. The van der Waals surface area contributed by atoms with E-state index < -0.39 is 12.0 Å². The lowest BCUT2D eigenvalue weighted by atomic mass is 10.0. The number of carboxylic acids is 1. The molecule has 2 aromatic rings. The zero-order chi connectivity index (χ0) is 17.1. The SMILES string of the molecule is O=C(O)C(Cc1ccccc1)N1C(=O)/C(=C\c2cccs2)SC1=S. The third-order valence-corrected chi connectivity index (χ3v) is 5.66. The Bertz CT molecular complexity index is 800. The van der Waals surface area contributed by atoms with Gasteiger partial charge in [-0.15, -0.1) is 11.3 Å². The van der Waals surface area contributed by atoms with Gasteiger partial charge in [0.05, 0.1) is 4.91 Å². The Balaban J connectivity index is 1.87. The molecule has 2 heterocycles. The van der Waals surface area contributed by atoms with E-state index in [0.717, 1.165) is 22.2 Å². The van der Waals surface area contributed by atoms with Gasteiger partial charge >= 0.3 is 5.97 Å². The first-order valence-electron chi connectivity index (χ1n) is 7.13. The highest BCUT2D eigenvalue weighted by molar-refractivity contribution is 8.26. The minimum atomic E-state index is -1.06. The lowest BCUT2D eigenvalue weighted by Gasteiger charge is -2.23. The number of benzene rings is 1. The number of carboxylic acid groups (broad SMARTS) is 1. The summed E-state index contributed by atoms with van der Waals surface area (Å²) in [5.74, 6) is -1.41. The first-order chi connectivity index (χ1) is 11.6. The maximum absolute atomic E-state index is 12.7. The molecule has 0 radical (unpaired) electrons. The average Bonchev–Trinajstić information content (AvgIpc) is 3.16. The molecule has 24 heavy (non-hydrogen) atoms. The number of hydrogen-bond acceptors (Lipinski definition) is 5. The highest BCUT2D eigenvalue weighted by atomic mass is 32.2. The van der Waals surface area contributed by atoms with Crippen LogP contribution in [0.15, 0.2) is 52.7 Å². The standard InChI is InChI=1S/C17H13NO3S3/c19-15-14(10-12-7-4-8-23-12)24-17(22)18(15)13(16(20)21)9-11-5-2-1-3-6-11/h1-8,10,13H,9H2,(H,20,21)/b14-10+. The van der Waals surface area contributed by atoms with Crippen molar-refractivity contribution in [1.82, 2.24) is 4.90 Å². The van der Waals surface area contributed by atoms with Crippen molar-refractivity contribution >= 4 is 57.6 Å². The van der Waals surface area contributed by atoms with Gasteiger partial charge in [-0.05, 0) is 23.1 Å². The highest BCUT2D eigenvalue weighted by Gasteiger charge is 2.40. The summed E-state index contributed by atoms with van der Waals surface area (Å²) in [6.45, 7) is 0. The van der Waals surface area contributed by atoms with Crippen molar-refractivity contribution in [3.8, 4) is 0 Å². The number of hydrogen-bond donors (Lipinski definition) is 1. The molecule has 1 aromatic heterocycles. The molecule has 1 aromatic carbocycles. The molecule has 1 atom stereocenters. The topological polar surface area (TPSA) is 57.6 Å². The van der Waals surface area contributed by atoms with Crippen LogP contribution in [0.2, 0.25) is 0 Å². The molecule has 1 unspecified atom stereocenters. The third kappa shape index (κ3) is 3.58. The van der Waals surface area contributed by atoms with Crippen molar-refractivity contribution < 1.29 is 14.7 Å². The van der Waals surface area contributed by atoms with Crippen LogP contribution in [0.25, 0.3) is 6.08 Å². The molecule has 1 N–H and O–H groups in total. The van der Waals surface area contributed by atoms with E-state index in [0.29, 0.717) is 4.91 Å². The van der Waals surface area contributed by atoms with Crippen LogP contribution in [0, 0.1) is 0 Å². The summed E-state index contributed by atoms with van der Waals surface area (Å²) >= 11 is 7.93. The Labute approximate surface area is 152 Å². The molecule has 1 amide bonds. The average molecular weight is 375 g/mol. The second-order valence-corrected chi connectivity index (χ2v) is 7.77. The fourth-order valence-corrected chi connectivity index (χ4v) is 4.46. The van der Waals surface area contributed by atoms with Crippen LogP contribution in [-0.4, -0.2) is 32.2 Å². The molecule has 0 saturated carbocycles. The number of aliphatic carboxylic acids is 1. The van der Waals surface area contributed by atoms with E-state index in [9.17, 15) is 14.7 Å². The predicted molar refractivity (Wildman–Crippen MR) is 101 cm³/mol. The minimum Gasteiger partial charge on any atom is -0.480 e. The minimum absolute atomic E-state index is 0.217. The molecule has 3 rings (SSSR count). The molecule has 0 aliphatic carbocycles. The molecule has 4 nitrogen and oxygen atoms in total. The summed E-state index contributed by atoms with van der Waals surface area (Å²) in [5, 5.41) is 11.5. The Morgan fingerprint density at radius 3 is 2.62 bits per heavy atom. The number of thiocarbonyl (C=S) groups is 1. The van der Waals surface area contributed by atoms with Gasteiger partial charge < -0.3 is 5.11 Å². The van der Waals surface area contributed by atoms with E-state index in [2.05, 4.69) is 0 Å². The number of rotatable bonds is 5. The fraction of sp³-hybridized carbons (Fsp3) is 0.118. The molecule has 1 saturated heterocycles. The van der Waals surface area contributed by atoms with Gasteiger partial charge in [0.15, 0.2) is 0 Å². The van der Waals surface area contributed by atoms with E-state index in [4.69, 9.17) is 12.2 Å². The summed E-state index contributed by atoms with van der Waals surface area (Å²) < 4.78 is 0.283. The van der Waals surface area contributed by atoms with E-state index in [1.54, 1.807) is 6.08 Å². The van der Waals surface area contributed by atoms with Crippen molar-refractivity contribution in [3.05, 3.63) is 63.2 Å². The number of amides is 1. The highest BCUT2D eigenvalue weighted by Crippen LogP contribution is 2.35. The number of carbonyl (C=O) groups is 2. The lowest BCUT2D eigenvalue weighted by Crippen LogP contribution is -2.45. The molecular formula is C17H13NO3S3. The summed E-state index contributed by atoms with van der Waals surface area (Å²) in [7, 11) is 0. The van der Waals surface area contributed by atoms with E-state index in [1.165, 1.54) is 16.2 Å². The third-order valence-electron chi connectivity index (χ3n) is 3.51. The van der Waals surface area contributed by atoms with Crippen molar-refractivity contribution in [1.29, 1.82) is 0 Å². The van der Waals surface area contributed by atoms with Gasteiger partial charge in [0.2, 0.25) is 0 Å². The fourth-order valence-electron chi connectivity index (χ4n) is 2.38. The second kappa shape index (κ2) is 7.29. The largest absolute Gasteiger partial charge is 0.480 e. The van der Waals surface area contributed by atoms with Crippen molar-refractivity contribution in [2.75, 3.05) is 0 Å². The van der Waals surface area contributed by atoms with Gasteiger partial charge in [0, 0.05) is 11.3 Å². The summed E-state index contributed by atoms with van der Waals surface area (Å²) in [4.78, 5) is 27.0. The number of nitrogens with zero attached hydrogens (tertiary/aromatic N) is 1. The summed E-state index contributed by atoms with van der Waals surface area (Å²) in [6, 6.07) is 12.0. The maximum atomic E-state index is 12.7. The van der Waals surface area contributed by atoms with Gasteiger partial charge in [-0.3, -0.25) is 9.69 Å². The summed E-state index contributed by atoms with van der Waals surface area (Å²) in [6.07, 6.45) is 1.97. The molecule has 1 aliphatic rings. The van der Waals surface area contributed by atoms with Crippen LogP contribution >= 0.6 is 35.3 Å². The monoisotopic (exact) mass is 375 g/mol. The molecule has 1 fully saturated rings. The van der Waals surface area contributed by atoms with Gasteiger partial charge in [0.1, 0.15) is 10.4 Å².